The minimum atomic E-state index is -0.185. The summed E-state index contributed by atoms with van der Waals surface area (Å²) in [5.74, 6) is 2.10. The first-order valence-electron chi connectivity index (χ1n) is 12.6. The van der Waals surface area contributed by atoms with E-state index in [9.17, 15) is 9.59 Å². The third kappa shape index (κ3) is 5.83. The SMILES string of the molecule is COc1cc2c(cc1OC)CC(=O)N(CCCN(C)CCc1cncc3cc(OC)c(OC)cc13)C(=O)C2. The number of hydrogen-bond donors (Lipinski definition) is 0. The van der Waals surface area contributed by atoms with Crippen LogP contribution in [0.5, 0.6) is 23.0 Å². The van der Waals surface area contributed by atoms with Gasteiger partial charge < -0.3 is 23.8 Å². The molecule has 0 atom stereocenters. The van der Waals surface area contributed by atoms with E-state index in [2.05, 4.69) is 9.88 Å². The summed E-state index contributed by atoms with van der Waals surface area (Å²) in [5, 5.41) is 2.08. The number of methoxy groups -OCH3 is 4. The quantitative estimate of drug-likeness (QED) is 0.355. The molecule has 0 N–H and O–H groups in total. The van der Waals surface area contributed by atoms with Crippen LogP contribution in [0.3, 0.4) is 0 Å². The fraction of sp³-hybridized carbons (Fsp3) is 0.414. The van der Waals surface area contributed by atoms with E-state index in [1.165, 1.54) is 4.90 Å². The summed E-state index contributed by atoms with van der Waals surface area (Å²) in [6.07, 6.45) is 5.54. The van der Waals surface area contributed by atoms with Crippen LogP contribution in [0.25, 0.3) is 10.8 Å². The topological polar surface area (TPSA) is 90.4 Å². The number of amides is 2. The first kappa shape index (κ1) is 27.2. The average molecular weight is 522 g/mol. The summed E-state index contributed by atoms with van der Waals surface area (Å²) in [6.45, 7) is 1.94. The highest BCUT2D eigenvalue weighted by Gasteiger charge is 2.28. The second kappa shape index (κ2) is 12.1. The van der Waals surface area contributed by atoms with Crippen LogP contribution in [0.2, 0.25) is 0 Å². The number of rotatable bonds is 11. The Labute approximate surface area is 223 Å². The van der Waals surface area contributed by atoms with Gasteiger partial charge in [-0.3, -0.25) is 19.5 Å². The molecule has 0 bridgehead atoms. The molecule has 0 fully saturated rings. The highest BCUT2D eigenvalue weighted by Crippen LogP contribution is 2.34. The predicted molar refractivity (Wildman–Crippen MR) is 144 cm³/mol. The third-order valence-electron chi connectivity index (χ3n) is 7.02. The summed E-state index contributed by atoms with van der Waals surface area (Å²) >= 11 is 0. The standard InChI is InChI=1S/C29H35N3O6/c1-31(10-7-19-17-30-18-22-13-26(37-4)27(38-5)16-23(19)22)8-6-9-32-28(33)14-20-11-24(35-2)25(36-3)12-21(20)15-29(32)34/h11-13,16-18H,6-10,14-15H2,1-5H3. The van der Waals surface area contributed by atoms with Crippen molar-refractivity contribution in [1.29, 1.82) is 0 Å². The van der Waals surface area contributed by atoms with E-state index in [1.54, 1.807) is 40.6 Å². The van der Waals surface area contributed by atoms with Gasteiger partial charge in [0.15, 0.2) is 23.0 Å². The number of carbonyl (C=O) groups excluding carboxylic acids is 2. The predicted octanol–water partition coefficient (Wildman–Crippen LogP) is 3.29. The largest absolute Gasteiger partial charge is 0.493 e. The molecular formula is C29H35N3O6. The highest BCUT2D eigenvalue weighted by atomic mass is 16.5. The number of imide groups is 1. The van der Waals surface area contributed by atoms with Crippen molar-refractivity contribution in [3.05, 3.63) is 53.3 Å². The molecule has 2 aromatic carbocycles. The Morgan fingerprint density at radius 1 is 0.789 bits per heavy atom. The summed E-state index contributed by atoms with van der Waals surface area (Å²) in [6, 6.07) is 7.52. The zero-order valence-corrected chi connectivity index (χ0v) is 22.7. The van der Waals surface area contributed by atoms with E-state index in [0.717, 1.165) is 47.0 Å². The van der Waals surface area contributed by atoms with Crippen LogP contribution < -0.4 is 18.9 Å². The zero-order chi connectivity index (χ0) is 27.2. The molecule has 0 aliphatic carbocycles. The van der Waals surface area contributed by atoms with Crippen molar-refractivity contribution < 1.29 is 28.5 Å². The maximum Gasteiger partial charge on any atom is 0.233 e. The molecule has 0 unspecified atom stereocenters. The van der Waals surface area contributed by atoms with Gasteiger partial charge in [-0.25, -0.2) is 0 Å². The Balaban J connectivity index is 1.34. The van der Waals surface area contributed by atoms with Crippen LogP contribution in [0.15, 0.2) is 36.7 Å². The zero-order valence-electron chi connectivity index (χ0n) is 22.7. The lowest BCUT2D eigenvalue weighted by Crippen LogP contribution is -2.39. The van der Waals surface area contributed by atoms with Gasteiger partial charge in [0.1, 0.15) is 0 Å². The number of ether oxygens (including phenoxy) is 4. The summed E-state index contributed by atoms with van der Waals surface area (Å²) in [7, 11) is 8.41. The molecule has 0 saturated carbocycles. The summed E-state index contributed by atoms with van der Waals surface area (Å²) < 4.78 is 21.6. The molecule has 2 heterocycles. The van der Waals surface area contributed by atoms with Crippen molar-refractivity contribution in [2.75, 3.05) is 55.1 Å². The second-order valence-electron chi connectivity index (χ2n) is 9.40. The van der Waals surface area contributed by atoms with E-state index >= 15 is 0 Å². The summed E-state index contributed by atoms with van der Waals surface area (Å²) in [4.78, 5) is 33.9. The molecule has 1 aliphatic rings. The molecule has 4 rings (SSSR count). The molecule has 202 valence electrons. The molecule has 3 aromatic rings. The van der Waals surface area contributed by atoms with Crippen LogP contribution in [-0.4, -0.2) is 81.7 Å². The van der Waals surface area contributed by atoms with Crippen molar-refractivity contribution in [2.45, 2.75) is 25.7 Å². The van der Waals surface area contributed by atoms with Crippen molar-refractivity contribution in [3.63, 3.8) is 0 Å². The monoisotopic (exact) mass is 521 g/mol. The summed E-state index contributed by atoms with van der Waals surface area (Å²) in [5.41, 5.74) is 2.73. The highest BCUT2D eigenvalue weighted by molar-refractivity contribution is 5.99. The number of likely N-dealkylation sites (N-methyl/N-ethyl adjacent to an activating group) is 1. The van der Waals surface area contributed by atoms with Gasteiger partial charge in [-0.05, 0) is 72.8 Å². The molecule has 2 amide bonds. The van der Waals surface area contributed by atoms with Crippen molar-refractivity contribution in [1.82, 2.24) is 14.8 Å². The number of fused-ring (bicyclic) bond motifs is 2. The maximum absolute atomic E-state index is 12.9. The number of benzene rings is 2. The van der Waals surface area contributed by atoms with Crippen LogP contribution in [0.4, 0.5) is 0 Å². The molecular weight excluding hydrogens is 486 g/mol. The third-order valence-corrected chi connectivity index (χ3v) is 7.02. The fourth-order valence-corrected chi connectivity index (χ4v) is 4.88. The Hall–Kier alpha value is -3.85. The smallest absolute Gasteiger partial charge is 0.233 e. The van der Waals surface area contributed by atoms with Gasteiger partial charge in [0.2, 0.25) is 11.8 Å². The Kier molecular flexibility index (Phi) is 8.68. The van der Waals surface area contributed by atoms with Crippen LogP contribution in [-0.2, 0) is 28.9 Å². The number of nitrogens with zero attached hydrogens (tertiary/aromatic N) is 3. The molecule has 0 spiro atoms. The van der Waals surface area contributed by atoms with Gasteiger partial charge in [-0.15, -0.1) is 0 Å². The fourth-order valence-electron chi connectivity index (χ4n) is 4.88. The second-order valence-corrected chi connectivity index (χ2v) is 9.40. The van der Waals surface area contributed by atoms with Gasteiger partial charge in [-0.2, -0.15) is 0 Å². The molecule has 1 aromatic heterocycles. The Bertz CT molecular complexity index is 1280. The Morgan fingerprint density at radius 3 is 1.92 bits per heavy atom. The first-order valence-corrected chi connectivity index (χ1v) is 12.6. The minimum absolute atomic E-state index is 0.166. The van der Waals surface area contributed by atoms with E-state index in [4.69, 9.17) is 18.9 Å². The van der Waals surface area contributed by atoms with Gasteiger partial charge in [0.25, 0.3) is 0 Å². The number of carbonyl (C=O) groups is 2. The molecule has 0 radical (unpaired) electrons. The van der Waals surface area contributed by atoms with Crippen LogP contribution in [0, 0.1) is 0 Å². The van der Waals surface area contributed by atoms with E-state index in [0.29, 0.717) is 36.0 Å². The maximum atomic E-state index is 12.9. The van der Waals surface area contributed by atoms with Gasteiger partial charge in [0, 0.05) is 30.9 Å². The number of pyridine rings is 1. The van der Waals surface area contributed by atoms with Crippen molar-refractivity contribution in [3.8, 4) is 23.0 Å². The molecule has 9 heteroatoms. The van der Waals surface area contributed by atoms with Gasteiger partial charge >= 0.3 is 0 Å². The lowest BCUT2D eigenvalue weighted by Gasteiger charge is -2.21. The lowest BCUT2D eigenvalue weighted by atomic mass is 10.0. The molecule has 0 saturated heterocycles. The van der Waals surface area contributed by atoms with Crippen LogP contribution in [0.1, 0.15) is 23.1 Å². The lowest BCUT2D eigenvalue weighted by molar-refractivity contribution is -0.143. The first-order chi connectivity index (χ1) is 18.4. The minimum Gasteiger partial charge on any atom is -0.493 e. The Morgan fingerprint density at radius 2 is 1.34 bits per heavy atom. The molecule has 1 aliphatic heterocycles. The van der Waals surface area contributed by atoms with E-state index < -0.39 is 0 Å². The van der Waals surface area contributed by atoms with E-state index in [1.807, 2.05) is 31.6 Å². The molecule has 38 heavy (non-hydrogen) atoms. The number of hydrogen-bond acceptors (Lipinski definition) is 8. The normalized spacial score (nSPS) is 13.5. The average Bonchev–Trinajstić information content (AvgIpc) is 3.04. The van der Waals surface area contributed by atoms with Gasteiger partial charge in [0.05, 0.1) is 41.3 Å². The molecule has 9 nitrogen and oxygen atoms in total. The van der Waals surface area contributed by atoms with Gasteiger partial charge in [-0.1, -0.05) is 0 Å². The van der Waals surface area contributed by atoms with Crippen molar-refractivity contribution >= 4 is 22.6 Å². The van der Waals surface area contributed by atoms with E-state index in [-0.39, 0.29) is 24.7 Å². The number of aromatic nitrogens is 1. The van der Waals surface area contributed by atoms with Crippen molar-refractivity contribution in [2.24, 2.45) is 0 Å². The van der Waals surface area contributed by atoms with Crippen LogP contribution >= 0.6 is 0 Å².